The van der Waals surface area contributed by atoms with Crippen LogP contribution in [0.5, 0.6) is 0 Å². The highest BCUT2D eigenvalue weighted by molar-refractivity contribution is 7.17. The molecule has 0 saturated carbocycles. The Labute approximate surface area is 121 Å². The summed E-state index contributed by atoms with van der Waals surface area (Å²) in [5.41, 5.74) is 0.372. The quantitative estimate of drug-likeness (QED) is 0.889. The second-order valence-electron chi connectivity index (χ2n) is 4.49. The molecule has 0 atom stereocenters. The number of aromatic nitrogens is 1. The maximum Gasteiger partial charge on any atom is 0.471 e. The normalized spacial score (nSPS) is 16.2. The highest BCUT2D eigenvalue weighted by Gasteiger charge is 2.43. The number of carboxylic acids is 1. The Morgan fingerprint density at radius 2 is 1.81 bits per heavy atom. The SMILES string of the molecule is Cc1nc(N2CCN(C(=O)C(F)(F)F)CC2)sc1C(=O)O. The van der Waals surface area contributed by atoms with E-state index in [-0.39, 0.29) is 31.1 Å². The van der Waals surface area contributed by atoms with Gasteiger partial charge in [0.25, 0.3) is 0 Å². The lowest BCUT2D eigenvalue weighted by atomic mass is 10.3. The summed E-state index contributed by atoms with van der Waals surface area (Å²) in [6, 6.07) is 0. The summed E-state index contributed by atoms with van der Waals surface area (Å²) in [5.74, 6) is -2.93. The number of alkyl halides is 3. The highest BCUT2D eigenvalue weighted by atomic mass is 32.1. The molecule has 1 aromatic rings. The first-order valence-corrected chi connectivity index (χ1v) is 6.83. The first-order valence-electron chi connectivity index (χ1n) is 6.02. The molecule has 1 aliphatic rings. The van der Waals surface area contributed by atoms with Gasteiger partial charge in [0.1, 0.15) is 4.88 Å². The zero-order chi connectivity index (χ0) is 15.8. The lowest BCUT2D eigenvalue weighted by Crippen LogP contribution is -2.52. The van der Waals surface area contributed by atoms with Crippen LogP contribution in [-0.4, -0.2) is 59.2 Å². The van der Waals surface area contributed by atoms with Gasteiger partial charge in [-0.05, 0) is 6.92 Å². The summed E-state index contributed by atoms with van der Waals surface area (Å²) in [5, 5.41) is 9.40. The van der Waals surface area contributed by atoms with Gasteiger partial charge in [-0.1, -0.05) is 11.3 Å². The van der Waals surface area contributed by atoms with E-state index in [9.17, 15) is 22.8 Å². The van der Waals surface area contributed by atoms with Gasteiger partial charge in [-0.15, -0.1) is 0 Å². The molecule has 1 aromatic heterocycles. The molecular formula is C11H12F3N3O3S. The molecule has 0 spiro atoms. The molecule has 6 nitrogen and oxygen atoms in total. The molecule has 1 N–H and O–H groups in total. The molecule has 1 amide bonds. The lowest BCUT2D eigenvalue weighted by Gasteiger charge is -2.34. The van der Waals surface area contributed by atoms with Crippen molar-refractivity contribution in [3.8, 4) is 0 Å². The first kappa shape index (κ1) is 15.5. The van der Waals surface area contributed by atoms with Gasteiger partial charge >= 0.3 is 18.1 Å². The van der Waals surface area contributed by atoms with E-state index in [4.69, 9.17) is 5.11 Å². The van der Waals surface area contributed by atoms with Crippen molar-refractivity contribution in [2.45, 2.75) is 13.1 Å². The number of hydrogen-bond acceptors (Lipinski definition) is 5. The number of nitrogens with zero attached hydrogens (tertiary/aromatic N) is 3. The molecular weight excluding hydrogens is 311 g/mol. The Bertz CT molecular complexity index is 565. The fraction of sp³-hybridized carbons (Fsp3) is 0.545. The number of hydrogen-bond donors (Lipinski definition) is 1. The first-order chi connectivity index (χ1) is 9.70. The molecule has 116 valence electrons. The molecule has 0 unspecified atom stereocenters. The summed E-state index contributed by atoms with van der Waals surface area (Å²) >= 11 is 0.979. The van der Waals surface area contributed by atoms with Crippen molar-refractivity contribution in [1.29, 1.82) is 0 Å². The van der Waals surface area contributed by atoms with Gasteiger partial charge in [0, 0.05) is 26.2 Å². The average molecular weight is 323 g/mol. The van der Waals surface area contributed by atoms with Gasteiger partial charge < -0.3 is 14.9 Å². The van der Waals surface area contributed by atoms with Crippen LogP contribution in [0.15, 0.2) is 0 Å². The minimum Gasteiger partial charge on any atom is -0.477 e. The number of aryl methyl sites for hydroxylation is 1. The van der Waals surface area contributed by atoms with Gasteiger partial charge in [-0.3, -0.25) is 4.79 Å². The number of rotatable bonds is 2. The number of thiazole rings is 1. The van der Waals surface area contributed by atoms with Crippen molar-refractivity contribution in [2.24, 2.45) is 0 Å². The minimum atomic E-state index is -4.86. The van der Waals surface area contributed by atoms with E-state index < -0.39 is 18.1 Å². The van der Waals surface area contributed by atoms with Crippen molar-refractivity contribution in [3.63, 3.8) is 0 Å². The third-order valence-electron chi connectivity index (χ3n) is 3.06. The number of halogens is 3. The summed E-state index contributed by atoms with van der Waals surface area (Å²) < 4.78 is 37.0. The second-order valence-corrected chi connectivity index (χ2v) is 5.47. The van der Waals surface area contributed by atoms with Crippen molar-refractivity contribution >= 4 is 28.3 Å². The van der Waals surface area contributed by atoms with E-state index in [2.05, 4.69) is 4.98 Å². The monoisotopic (exact) mass is 323 g/mol. The Morgan fingerprint density at radius 3 is 2.24 bits per heavy atom. The maximum atomic E-state index is 12.3. The molecule has 21 heavy (non-hydrogen) atoms. The van der Waals surface area contributed by atoms with Gasteiger partial charge in [-0.25, -0.2) is 9.78 Å². The second kappa shape index (κ2) is 5.51. The van der Waals surface area contributed by atoms with Crippen molar-refractivity contribution in [1.82, 2.24) is 9.88 Å². The van der Waals surface area contributed by atoms with Gasteiger partial charge in [0.05, 0.1) is 5.69 Å². The molecule has 0 bridgehead atoms. The van der Waals surface area contributed by atoms with E-state index >= 15 is 0 Å². The summed E-state index contributed by atoms with van der Waals surface area (Å²) in [7, 11) is 0. The Hall–Kier alpha value is -1.84. The number of anilines is 1. The number of carbonyl (C=O) groups excluding carboxylic acids is 1. The fourth-order valence-electron chi connectivity index (χ4n) is 2.00. The molecule has 1 aliphatic heterocycles. The largest absolute Gasteiger partial charge is 0.477 e. The summed E-state index contributed by atoms with van der Waals surface area (Å²) in [6.07, 6.45) is -4.86. The zero-order valence-corrected chi connectivity index (χ0v) is 11.8. The van der Waals surface area contributed by atoms with Crippen molar-refractivity contribution < 1.29 is 27.9 Å². The van der Waals surface area contributed by atoms with E-state index in [1.807, 2.05) is 0 Å². The van der Waals surface area contributed by atoms with Crippen molar-refractivity contribution in [3.05, 3.63) is 10.6 Å². The van der Waals surface area contributed by atoms with Crippen LogP contribution in [-0.2, 0) is 4.79 Å². The topological polar surface area (TPSA) is 73.7 Å². The molecule has 0 aromatic carbocycles. The van der Waals surface area contributed by atoms with E-state index in [1.54, 1.807) is 11.8 Å². The van der Waals surface area contributed by atoms with E-state index in [1.165, 1.54) is 0 Å². The third-order valence-corrected chi connectivity index (χ3v) is 4.27. The number of aromatic carboxylic acids is 1. The Kier molecular flexibility index (Phi) is 4.08. The van der Waals surface area contributed by atoms with Crippen LogP contribution in [0.3, 0.4) is 0 Å². The predicted molar refractivity (Wildman–Crippen MR) is 68.7 cm³/mol. The molecule has 0 radical (unpaired) electrons. The lowest BCUT2D eigenvalue weighted by molar-refractivity contribution is -0.185. The van der Waals surface area contributed by atoms with Crippen LogP contribution < -0.4 is 4.90 Å². The third kappa shape index (κ3) is 3.26. The maximum absolute atomic E-state index is 12.3. The number of carboxylic acid groups (broad SMARTS) is 1. The number of amides is 1. The predicted octanol–water partition coefficient (Wildman–Crippen LogP) is 1.36. The van der Waals surface area contributed by atoms with Crippen LogP contribution in [0.1, 0.15) is 15.4 Å². The van der Waals surface area contributed by atoms with Crippen LogP contribution in [0.4, 0.5) is 18.3 Å². The molecule has 1 fully saturated rings. The Morgan fingerprint density at radius 1 is 1.24 bits per heavy atom. The summed E-state index contributed by atoms with van der Waals surface area (Å²) in [4.78, 5) is 28.7. The zero-order valence-electron chi connectivity index (χ0n) is 11.0. The molecule has 2 rings (SSSR count). The van der Waals surface area contributed by atoms with Gasteiger partial charge in [0.2, 0.25) is 0 Å². The van der Waals surface area contributed by atoms with Crippen LogP contribution in [0.2, 0.25) is 0 Å². The summed E-state index contributed by atoms with van der Waals surface area (Å²) in [6.45, 7) is 1.80. The van der Waals surface area contributed by atoms with Crippen LogP contribution in [0.25, 0.3) is 0 Å². The molecule has 1 saturated heterocycles. The van der Waals surface area contributed by atoms with Gasteiger partial charge in [0.15, 0.2) is 5.13 Å². The number of carbonyl (C=O) groups is 2. The van der Waals surface area contributed by atoms with Gasteiger partial charge in [-0.2, -0.15) is 13.2 Å². The van der Waals surface area contributed by atoms with E-state index in [0.717, 1.165) is 16.2 Å². The molecule has 2 heterocycles. The average Bonchev–Trinajstić information content (AvgIpc) is 2.79. The van der Waals surface area contributed by atoms with Crippen LogP contribution >= 0.6 is 11.3 Å². The van der Waals surface area contributed by atoms with E-state index in [0.29, 0.717) is 10.8 Å². The Balaban J connectivity index is 2.03. The highest BCUT2D eigenvalue weighted by Crippen LogP contribution is 2.27. The number of piperazine rings is 1. The standard InChI is InChI=1S/C11H12F3N3O3S/c1-6-7(8(18)19)21-10(15-6)17-4-2-16(3-5-17)9(20)11(12,13)14/h2-5H2,1H3,(H,18,19). The molecule has 0 aliphatic carbocycles. The van der Waals surface area contributed by atoms with Crippen molar-refractivity contribution in [2.75, 3.05) is 31.1 Å². The smallest absolute Gasteiger partial charge is 0.471 e. The van der Waals surface area contributed by atoms with Crippen LogP contribution in [0, 0.1) is 6.92 Å². The minimum absolute atomic E-state index is 0.0701. The fourth-order valence-corrected chi connectivity index (χ4v) is 2.95. The molecule has 10 heteroatoms.